The average Bonchev–Trinajstić information content (AvgIpc) is 3.09. The molecule has 1 saturated heterocycles. The van der Waals surface area contributed by atoms with E-state index < -0.39 is 17.7 Å². The van der Waals surface area contributed by atoms with Gasteiger partial charge in [0, 0.05) is 25.2 Å². The highest BCUT2D eigenvalue weighted by Crippen LogP contribution is 2.47. The fourth-order valence-electron chi connectivity index (χ4n) is 2.97. The van der Waals surface area contributed by atoms with Crippen LogP contribution in [0.3, 0.4) is 0 Å². The normalized spacial score (nSPS) is 22.2. The third-order valence-corrected chi connectivity index (χ3v) is 4.83. The SMILES string of the molecule is CN(C)SNC(=O)c1c(F)cc(C(=O)O)cc1N1CC2CC2C1. The molecule has 0 spiro atoms. The summed E-state index contributed by atoms with van der Waals surface area (Å²) in [7, 11) is 3.51. The van der Waals surface area contributed by atoms with E-state index in [9.17, 15) is 14.0 Å². The smallest absolute Gasteiger partial charge is 0.335 e. The summed E-state index contributed by atoms with van der Waals surface area (Å²) >= 11 is 1.05. The summed E-state index contributed by atoms with van der Waals surface area (Å²) in [6, 6.07) is 2.29. The molecule has 124 valence electrons. The molecule has 1 aromatic carbocycles. The van der Waals surface area contributed by atoms with E-state index in [-0.39, 0.29) is 11.1 Å². The van der Waals surface area contributed by atoms with E-state index in [0.717, 1.165) is 37.7 Å². The molecule has 2 fully saturated rings. The van der Waals surface area contributed by atoms with Crippen LogP contribution in [-0.4, -0.2) is 48.5 Å². The zero-order chi connectivity index (χ0) is 16.7. The van der Waals surface area contributed by atoms with E-state index in [1.807, 2.05) is 4.90 Å². The third-order valence-electron chi connectivity index (χ3n) is 4.18. The molecule has 2 N–H and O–H groups in total. The van der Waals surface area contributed by atoms with E-state index in [1.54, 1.807) is 18.4 Å². The van der Waals surface area contributed by atoms with Crippen molar-refractivity contribution in [1.82, 2.24) is 9.03 Å². The van der Waals surface area contributed by atoms with Gasteiger partial charge in [0.2, 0.25) is 0 Å². The van der Waals surface area contributed by atoms with E-state index in [2.05, 4.69) is 4.72 Å². The number of hydrogen-bond acceptors (Lipinski definition) is 5. The summed E-state index contributed by atoms with van der Waals surface area (Å²) < 4.78 is 18.7. The zero-order valence-electron chi connectivity index (χ0n) is 12.9. The standard InChI is InChI=1S/C15H18FN3O3S/c1-18(2)23-17-14(20)13-11(16)4-8(15(21)22)5-12(13)19-6-9-3-10(9)7-19/h4-5,9-10H,3,6-7H2,1-2H3,(H,17,20)(H,21,22). The van der Waals surface area contributed by atoms with Crippen molar-refractivity contribution in [3.05, 3.63) is 29.1 Å². The minimum Gasteiger partial charge on any atom is -0.478 e. The lowest BCUT2D eigenvalue weighted by atomic mass is 10.1. The van der Waals surface area contributed by atoms with Crippen LogP contribution in [0, 0.1) is 17.7 Å². The summed E-state index contributed by atoms with van der Waals surface area (Å²) in [4.78, 5) is 25.5. The Morgan fingerprint density at radius 3 is 2.57 bits per heavy atom. The van der Waals surface area contributed by atoms with Crippen LogP contribution in [0.25, 0.3) is 0 Å². The second-order valence-electron chi connectivity index (χ2n) is 6.15. The minimum absolute atomic E-state index is 0.0920. The Morgan fingerprint density at radius 2 is 2.00 bits per heavy atom. The molecule has 0 radical (unpaired) electrons. The number of rotatable bonds is 5. The number of amides is 1. The van der Waals surface area contributed by atoms with Gasteiger partial charge in [0.05, 0.1) is 16.8 Å². The van der Waals surface area contributed by atoms with Crippen molar-refractivity contribution < 1.29 is 19.1 Å². The van der Waals surface area contributed by atoms with Crippen LogP contribution in [0.15, 0.2) is 12.1 Å². The lowest BCUT2D eigenvalue weighted by molar-refractivity contribution is 0.0695. The Bertz CT molecular complexity index is 658. The predicted octanol–water partition coefficient (Wildman–Crippen LogP) is 1.83. The number of carbonyl (C=O) groups excluding carboxylic acids is 1. The molecule has 23 heavy (non-hydrogen) atoms. The third kappa shape index (κ3) is 3.28. The number of halogens is 1. The second-order valence-corrected chi connectivity index (χ2v) is 7.27. The van der Waals surface area contributed by atoms with Crippen molar-refractivity contribution in [2.45, 2.75) is 6.42 Å². The first kappa shape index (κ1) is 16.1. The number of nitrogens with zero attached hydrogens (tertiary/aromatic N) is 2. The maximum Gasteiger partial charge on any atom is 0.335 e. The van der Waals surface area contributed by atoms with Gasteiger partial charge in [-0.1, -0.05) is 0 Å². The van der Waals surface area contributed by atoms with Crippen LogP contribution in [0.5, 0.6) is 0 Å². The van der Waals surface area contributed by atoms with Crippen molar-refractivity contribution >= 4 is 29.7 Å². The second kappa shape index (κ2) is 6.01. The van der Waals surface area contributed by atoms with Crippen molar-refractivity contribution in [3.63, 3.8) is 0 Å². The maximum atomic E-state index is 14.4. The van der Waals surface area contributed by atoms with Crippen molar-refractivity contribution in [2.24, 2.45) is 11.8 Å². The van der Waals surface area contributed by atoms with Gasteiger partial charge < -0.3 is 10.0 Å². The van der Waals surface area contributed by atoms with Gasteiger partial charge in [-0.25, -0.2) is 13.5 Å². The molecule has 8 heteroatoms. The molecule has 1 saturated carbocycles. The highest BCUT2D eigenvalue weighted by Gasteiger charge is 2.46. The number of benzene rings is 1. The van der Waals surface area contributed by atoms with Crippen LogP contribution in [0.1, 0.15) is 27.1 Å². The summed E-state index contributed by atoms with van der Waals surface area (Å²) in [5, 5.41) is 9.15. The van der Waals surface area contributed by atoms with Gasteiger partial charge in [0.25, 0.3) is 5.91 Å². The van der Waals surface area contributed by atoms with E-state index in [0.29, 0.717) is 17.5 Å². The lowest BCUT2D eigenvalue weighted by Crippen LogP contribution is -2.29. The Kier molecular flexibility index (Phi) is 4.20. The Balaban J connectivity index is 1.95. The highest BCUT2D eigenvalue weighted by atomic mass is 32.2. The summed E-state index contributed by atoms with van der Waals surface area (Å²) in [6.45, 7) is 1.49. The van der Waals surface area contributed by atoms with Crippen LogP contribution < -0.4 is 9.62 Å². The van der Waals surface area contributed by atoms with E-state index >= 15 is 0 Å². The van der Waals surface area contributed by atoms with Gasteiger partial charge in [-0.15, -0.1) is 0 Å². The number of carbonyl (C=O) groups is 2. The average molecular weight is 339 g/mol. The van der Waals surface area contributed by atoms with Gasteiger partial charge in [-0.2, -0.15) is 0 Å². The van der Waals surface area contributed by atoms with Gasteiger partial charge in [-0.3, -0.25) is 9.52 Å². The first-order valence-corrected chi connectivity index (χ1v) is 8.10. The number of carboxylic acid groups (broad SMARTS) is 1. The Hall–Kier alpha value is -1.80. The Labute approximate surface area is 137 Å². The van der Waals surface area contributed by atoms with Crippen LogP contribution in [-0.2, 0) is 0 Å². The number of carboxylic acids is 1. The van der Waals surface area contributed by atoms with Crippen LogP contribution in [0.4, 0.5) is 10.1 Å². The van der Waals surface area contributed by atoms with Gasteiger partial charge in [-0.05, 0) is 44.5 Å². The van der Waals surface area contributed by atoms with Gasteiger partial charge in [0.15, 0.2) is 0 Å². The number of anilines is 1. The van der Waals surface area contributed by atoms with Crippen LogP contribution in [0.2, 0.25) is 0 Å². The quantitative estimate of drug-likeness (QED) is 0.798. The summed E-state index contributed by atoms with van der Waals surface area (Å²) in [6.07, 6.45) is 1.16. The fourth-order valence-corrected chi connectivity index (χ4v) is 3.34. The molecule has 3 rings (SSSR count). The molecule has 2 atom stereocenters. The number of hydrogen-bond donors (Lipinski definition) is 2. The monoisotopic (exact) mass is 339 g/mol. The minimum atomic E-state index is -1.20. The fraction of sp³-hybridized carbons (Fsp3) is 0.467. The van der Waals surface area contributed by atoms with E-state index in [4.69, 9.17) is 5.11 Å². The van der Waals surface area contributed by atoms with Crippen molar-refractivity contribution in [2.75, 3.05) is 32.1 Å². The molecule has 2 unspecified atom stereocenters. The summed E-state index contributed by atoms with van der Waals surface area (Å²) in [5.74, 6) is -1.41. The van der Waals surface area contributed by atoms with Crippen molar-refractivity contribution in [3.8, 4) is 0 Å². The molecule has 1 aromatic rings. The number of fused-ring (bicyclic) bond motifs is 1. The topological polar surface area (TPSA) is 72.9 Å². The lowest BCUT2D eigenvalue weighted by Gasteiger charge is -2.24. The molecule has 1 amide bonds. The number of piperidine rings is 1. The molecular weight excluding hydrogens is 321 g/mol. The molecule has 1 aliphatic carbocycles. The molecule has 1 heterocycles. The molecule has 6 nitrogen and oxygen atoms in total. The Morgan fingerprint density at radius 1 is 1.35 bits per heavy atom. The largest absolute Gasteiger partial charge is 0.478 e. The van der Waals surface area contributed by atoms with E-state index in [1.165, 1.54) is 6.07 Å². The van der Waals surface area contributed by atoms with Crippen molar-refractivity contribution in [1.29, 1.82) is 0 Å². The zero-order valence-corrected chi connectivity index (χ0v) is 13.7. The number of aromatic carboxylic acids is 1. The first-order valence-electron chi connectivity index (χ1n) is 7.33. The highest BCUT2D eigenvalue weighted by molar-refractivity contribution is 7.95. The predicted molar refractivity (Wildman–Crippen MR) is 85.9 cm³/mol. The summed E-state index contributed by atoms with van der Waals surface area (Å²) in [5.41, 5.74) is 0.131. The first-order chi connectivity index (χ1) is 10.9. The number of nitrogens with one attached hydrogen (secondary N) is 1. The van der Waals surface area contributed by atoms with Crippen LogP contribution >= 0.6 is 12.1 Å². The maximum absolute atomic E-state index is 14.4. The molecular formula is C15H18FN3O3S. The van der Waals surface area contributed by atoms with Gasteiger partial charge in [0.1, 0.15) is 5.82 Å². The molecule has 1 aliphatic heterocycles. The molecule has 0 bridgehead atoms. The molecule has 0 aromatic heterocycles. The van der Waals surface area contributed by atoms with Gasteiger partial charge >= 0.3 is 5.97 Å². The molecule has 2 aliphatic rings.